The molecule has 3 aromatic rings. The maximum Gasteiger partial charge on any atom is 0.306 e. The van der Waals surface area contributed by atoms with Gasteiger partial charge >= 0.3 is 5.97 Å². The number of carbonyl (C=O) groups is 1. The van der Waals surface area contributed by atoms with Crippen LogP contribution in [0.15, 0.2) is 60.7 Å². The molecule has 0 unspecified atom stereocenters. The van der Waals surface area contributed by atoms with Crippen molar-refractivity contribution in [2.75, 3.05) is 0 Å². The minimum atomic E-state index is -0.0764. The van der Waals surface area contributed by atoms with Crippen molar-refractivity contribution in [3.8, 4) is 0 Å². The largest absolute Gasteiger partial charge is 0.459 e. The van der Waals surface area contributed by atoms with E-state index in [-0.39, 0.29) is 24.0 Å². The van der Waals surface area contributed by atoms with Gasteiger partial charge in [-0.25, -0.2) is 0 Å². The summed E-state index contributed by atoms with van der Waals surface area (Å²) in [5, 5.41) is 1.23. The quantitative estimate of drug-likeness (QED) is 0.640. The summed E-state index contributed by atoms with van der Waals surface area (Å²) < 4.78 is 8.05. The molecular formula is C19H15NO2. The highest BCUT2D eigenvalue weighted by molar-refractivity contribution is 5.84. The number of rotatable bonds is 1. The fraction of sp³-hybridized carbons (Fsp3) is 0.211. The van der Waals surface area contributed by atoms with Gasteiger partial charge in [0.15, 0.2) is 0 Å². The van der Waals surface area contributed by atoms with E-state index in [4.69, 9.17) is 4.74 Å². The third-order valence-corrected chi connectivity index (χ3v) is 4.94. The second-order valence-electron chi connectivity index (χ2n) is 6.12. The number of fused-ring (bicyclic) bond motifs is 5. The van der Waals surface area contributed by atoms with Crippen molar-refractivity contribution in [2.24, 2.45) is 0 Å². The Labute approximate surface area is 128 Å². The number of hydrogen-bond donors (Lipinski definition) is 0. The van der Waals surface area contributed by atoms with Crippen LogP contribution in [0.5, 0.6) is 0 Å². The normalized spacial score (nSPS) is 26.0. The van der Waals surface area contributed by atoms with Crippen molar-refractivity contribution < 1.29 is 9.53 Å². The van der Waals surface area contributed by atoms with Crippen LogP contribution in [0, 0.1) is 0 Å². The number of hydrogen-bond acceptors (Lipinski definition) is 2. The number of benzene rings is 2. The van der Waals surface area contributed by atoms with Crippen molar-refractivity contribution >= 4 is 16.9 Å². The Hall–Kier alpha value is -2.55. The zero-order valence-electron chi connectivity index (χ0n) is 12.0. The van der Waals surface area contributed by atoms with Crippen LogP contribution in [-0.4, -0.2) is 16.6 Å². The van der Waals surface area contributed by atoms with Crippen LogP contribution >= 0.6 is 0 Å². The summed E-state index contributed by atoms with van der Waals surface area (Å²) in [5.74, 6) is 0.0949. The number of aromatic nitrogens is 1. The van der Waals surface area contributed by atoms with Crippen molar-refractivity contribution in [3.63, 3.8) is 0 Å². The Kier molecular flexibility index (Phi) is 2.31. The van der Waals surface area contributed by atoms with Gasteiger partial charge < -0.3 is 9.30 Å². The minimum Gasteiger partial charge on any atom is -0.459 e. The van der Waals surface area contributed by atoms with E-state index in [2.05, 4.69) is 47.0 Å². The summed E-state index contributed by atoms with van der Waals surface area (Å²) in [5.41, 5.74) is 3.65. The van der Waals surface area contributed by atoms with Gasteiger partial charge in [-0.15, -0.1) is 0 Å². The van der Waals surface area contributed by atoms with Gasteiger partial charge in [-0.2, -0.15) is 0 Å². The molecule has 0 N–H and O–H groups in total. The van der Waals surface area contributed by atoms with Gasteiger partial charge in [0.25, 0.3) is 0 Å². The van der Waals surface area contributed by atoms with Crippen LogP contribution in [0.4, 0.5) is 0 Å². The molecule has 3 nitrogen and oxygen atoms in total. The van der Waals surface area contributed by atoms with Crippen molar-refractivity contribution in [3.05, 3.63) is 71.9 Å². The van der Waals surface area contributed by atoms with E-state index in [1.165, 1.54) is 22.2 Å². The predicted molar refractivity (Wildman–Crippen MR) is 83.8 cm³/mol. The topological polar surface area (TPSA) is 31.2 Å². The average molecular weight is 289 g/mol. The molecule has 1 aromatic heterocycles. The van der Waals surface area contributed by atoms with E-state index in [9.17, 15) is 4.79 Å². The second kappa shape index (κ2) is 4.23. The molecule has 0 bridgehead atoms. The molecule has 22 heavy (non-hydrogen) atoms. The summed E-state index contributed by atoms with van der Waals surface area (Å²) in [6, 6.07) is 21.1. The molecule has 0 radical (unpaired) electrons. The third kappa shape index (κ3) is 1.48. The Morgan fingerprint density at radius 1 is 1.00 bits per heavy atom. The monoisotopic (exact) mass is 289 g/mol. The zero-order chi connectivity index (χ0) is 14.7. The SMILES string of the molecule is O=C1C[C@H]2c3cc4ccccc4n3[C@@H](c3ccccc3)[C@H]2O1. The zero-order valence-corrected chi connectivity index (χ0v) is 12.0. The number of nitrogens with zero attached hydrogens (tertiary/aromatic N) is 1. The van der Waals surface area contributed by atoms with Crippen molar-refractivity contribution in [1.29, 1.82) is 0 Å². The number of esters is 1. The van der Waals surface area contributed by atoms with Crippen molar-refractivity contribution in [1.82, 2.24) is 4.57 Å². The highest BCUT2D eigenvalue weighted by Crippen LogP contribution is 2.49. The van der Waals surface area contributed by atoms with Gasteiger partial charge in [0, 0.05) is 17.1 Å². The second-order valence-corrected chi connectivity index (χ2v) is 6.12. The molecule has 0 aliphatic carbocycles. The molecule has 108 valence electrons. The lowest BCUT2D eigenvalue weighted by molar-refractivity contribution is -0.142. The molecule has 0 amide bonds. The molecular weight excluding hydrogens is 274 g/mol. The maximum atomic E-state index is 11.8. The third-order valence-electron chi connectivity index (χ3n) is 4.94. The summed E-state index contributed by atoms with van der Waals surface area (Å²) >= 11 is 0. The fourth-order valence-electron chi connectivity index (χ4n) is 4.06. The molecule has 5 rings (SSSR count). The average Bonchev–Trinajstić information content (AvgIpc) is 3.17. The summed E-state index contributed by atoms with van der Waals surface area (Å²) in [6.07, 6.45) is 0.416. The molecule has 3 heterocycles. The Bertz CT molecular complexity index is 881. The van der Waals surface area contributed by atoms with E-state index < -0.39 is 0 Å². The molecule has 1 fully saturated rings. The molecule has 2 aromatic carbocycles. The van der Waals surface area contributed by atoms with Crippen LogP contribution in [0.25, 0.3) is 10.9 Å². The maximum absolute atomic E-state index is 11.8. The van der Waals surface area contributed by atoms with Crippen LogP contribution < -0.4 is 0 Å². The number of carbonyl (C=O) groups excluding carboxylic acids is 1. The molecule has 3 atom stereocenters. The first-order valence-electron chi connectivity index (χ1n) is 7.67. The van der Waals surface area contributed by atoms with Gasteiger partial charge in [-0.05, 0) is 23.1 Å². The lowest BCUT2D eigenvalue weighted by Crippen LogP contribution is -2.21. The number of ether oxygens (including phenoxy) is 1. The fourth-order valence-corrected chi connectivity index (χ4v) is 4.06. The lowest BCUT2D eigenvalue weighted by Gasteiger charge is -2.21. The van der Waals surface area contributed by atoms with E-state index in [0.717, 1.165) is 0 Å². The number of para-hydroxylation sites is 1. The minimum absolute atomic E-state index is 0.0745. The molecule has 1 saturated heterocycles. The first-order valence-corrected chi connectivity index (χ1v) is 7.67. The Morgan fingerprint density at radius 2 is 1.77 bits per heavy atom. The summed E-state index contributed by atoms with van der Waals surface area (Å²) in [4.78, 5) is 11.8. The van der Waals surface area contributed by atoms with Crippen molar-refractivity contribution in [2.45, 2.75) is 24.5 Å². The molecule has 0 saturated carbocycles. The predicted octanol–water partition coefficient (Wildman–Crippen LogP) is 3.64. The lowest BCUT2D eigenvalue weighted by atomic mass is 9.93. The highest BCUT2D eigenvalue weighted by Gasteiger charge is 2.49. The molecule has 2 aliphatic heterocycles. The molecule has 2 aliphatic rings. The molecule has 3 heteroatoms. The summed E-state index contributed by atoms with van der Waals surface area (Å²) in [6.45, 7) is 0. The van der Waals surface area contributed by atoms with Gasteiger partial charge in [0.05, 0.1) is 12.5 Å². The van der Waals surface area contributed by atoms with E-state index >= 15 is 0 Å². The van der Waals surface area contributed by atoms with Gasteiger partial charge in [-0.3, -0.25) is 4.79 Å². The molecule has 0 spiro atoms. The van der Waals surface area contributed by atoms with Crippen LogP contribution in [0.3, 0.4) is 0 Å². The van der Waals surface area contributed by atoms with E-state index in [1.54, 1.807) is 0 Å². The first-order chi connectivity index (χ1) is 10.8. The smallest absolute Gasteiger partial charge is 0.306 e. The Morgan fingerprint density at radius 3 is 2.64 bits per heavy atom. The van der Waals surface area contributed by atoms with E-state index in [1.807, 2.05) is 18.2 Å². The van der Waals surface area contributed by atoms with Crippen LogP contribution in [-0.2, 0) is 9.53 Å². The van der Waals surface area contributed by atoms with Crippen LogP contribution in [0.1, 0.15) is 29.6 Å². The van der Waals surface area contributed by atoms with Gasteiger partial charge in [0.1, 0.15) is 6.10 Å². The van der Waals surface area contributed by atoms with Crippen LogP contribution in [0.2, 0.25) is 0 Å². The Balaban J connectivity index is 1.79. The van der Waals surface area contributed by atoms with Gasteiger partial charge in [0.2, 0.25) is 0 Å². The standard InChI is InChI=1S/C19H15NO2/c21-17-11-14-16-10-13-8-4-5-9-15(13)20(16)18(19(14)22-17)12-6-2-1-3-7-12/h1-10,14,18-19H,11H2/t14-,18-,19-/m0/s1. The summed E-state index contributed by atoms with van der Waals surface area (Å²) in [7, 11) is 0. The van der Waals surface area contributed by atoms with Gasteiger partial charge in [-0.1, -0.05) is 48.5 Å². The first kappa shape index (κ1) is 12.0. The van der Waals surface area contributed by atoms with E-state index in [0.29, 0.717) is 6.42 Å². The highest BCUT2D eigenvalue weighted by atomic mass is 16.6.